The monoisotopic (exact) mass is 263 g/mol. The number of benzene rings is 1. The van der Waals surface area contributed by atoms with Gasteiger partial charge in [-0.15, -0.1) is 0 Å². The van der Waals surface area contributed by atoms with E-state index >= 15 is 0 Å². The summed E-state index contributed by atoms with van der Waals surface area (Å²) >= 11 is 0. The minimum atomic E-state index is -0.307. The zero-order valence-electron chi connectivity index (χ0n) is 10.7. The summed E-state index contributed by atoms with van der Waals surface area (Å²) in [6.45, 7) is 4.64. The second-order valence-corrected chi connectivity index (χ2v) is 4.89. The first-order valence-corrected chi connectivity index (χ1v) is 6.59. The third-order valence-corrected chi connectivity index (χ3v) is 3.73. The maximum Gasteiger partial charge on any atom is 0.271 e. The number of anilines is 1. The summed E-state index contributed by atoms with van der Waals surface area (Å²) < 4.78 is 5.36. The van der Waals surface area contributed by atoms with Crippen LogP contribution in [0.3, 0.4) is 0 Å². The average Bonchev–Trinajstić information content (AvgIpc) is 2.47. The van der Waals surface area contributed by atoms with E-state index in [-0.39, 0.29) is 10.6 Å². The molecule has 0 aromatic heterocycles. The van der Waals surface area contributed by atoms with Gasteiger partial charge in [0, 0.05) is 37.5 Å². The third kappa shape index (κ3) is 2.41. The predicted octanol–water partition coefficient (Wildman–Crippen LogP) is 1.08. The Bertz CT molecular complexity index is 498. The summed E-state index contributed by atoms with van der Waals surface area (Å²) in [4.78, 5) is 13.0. The van der Waals surface area contributed by atoms with Gasteiger partial charge < -0.3 is 15.0 Å². The second kappa shape index (κ2) is 5.14. The highest BCUT2D eigenvalue weighted by molar-refractivity contribution is 5.63. The molecule has 1 saturated heterocycles. The van der Waals surface area contributed by atoms with Crippen LogP contribution in [0.4, 0.5) is 11.4 Å². The van der Waals surface area contributed by atoms with Crippen molar-refractivity contribution in [2.45, 2.75) is 13.0 Å². The molecule has 1 aromatic rings. The first kappa shape index (κ1) is 12.4. The van der Waals surface area contributed by atoms with E-state index in [1.807, 2.05) is 0 Å². The molecule has 0 aliphatic carbocycles. The Morgan fingerprint density at radius 2 is 2.11 bits per heavy atom. The number of non-ortho nitro benzene ring substituents is 1. The Balaban J connectivity index is 2.04. The standard InChI is InChI=1S/C13H17N3O3/c17-16(18)11-7-10-9-14-2-1-12(10)13(8-11)15-3-5-19-6-4-15/h7-8,14H,1-6,9H2. The van der Waals surface area contributed by atoms with E-state index in [9.17, 15) is 10.1 Å². The smallest absolute Gasteiger partial charge is 0.271 e. The number of hydrogen-bond donors (Lipinski definition) is 1. The van der Waals surface area contributed by atoms with Crippen LogP contribution in [-0.2, 0) is 17.7 Å². The Hall–Kier alpha value is -1.66. The van der Waals surface area contributed by atoms with E-state index in [0.29, 0.717) is 19.8 Å². The van der Waals surface area contributed by atoms with Gasteiger partial charge in [-0.2, -0.15) is 0 Å². The number of nitrogens with zero attached hydrogens (tertiary/aromatic N) is 2. The molecule has 1 fully saturated rings. The zero-order chi connectivity index (χ0) is 13.2. The van der Waals surface area contributed by atoms with Crippen LogP contribution in [0.15, 0.2) is 12.1 Å². The van der Waals surface area contributed by atoms with Crippen LogP contribution in [0.5, 0.6) is 0 Å². The molecule has 1 N–H and O–H groups in total. The number of hydrogen-bond acceptors (Lipinski definition) is 5. The molecular formula is C13H17N3O3. The number of nitro benzene ring substituents is 1. The molecule has 0 bridgehead atoms. The number of morpholine rings is 1. The van der Waals surface area contributed by atoms with E-state index in [2.05, 4.69) is 10.2 Å². The van der Waals surface area contributed by atoms with E-state index in [1.54, 1.807) is 12.1 Å². The lowest BCUT2D eigenvalue weighted by Gasteiger charge is -2.32. The fraction of sp³-hybridized carbons (Fsp3) is 0.538. The Kier molecular flexibility index (Phi) is 3.35. The molecule has 6 nitrogen and oxygen atoms in total. The molecule has 1 aromatic carbocycles. The van der Waals surface area contributed by atoms with Crippen molar-refractivity contribution < 1.29 is 9.66 Å². The van der Waals surface area contributed by atoms with Crippen LogP contribution in [0.25, 0.3) is 0 Å². The van der Waals surface area contributed by atoms with E-state index < -0.39 is 0 Å². The van der Waals surface area contributed by atoms with E-state index in [0.717, 1.165) is 37.3 Å². The fourth-order valence-corrected chi connectivity index (χ4v) is 2.77. The van der Waals surface area contributed by atoms with Gasteiger partial charge in [-0.25, -0.2) is 0 Å². The van der Waals surface area contributed by atoms with Crippen LogP contribution in [0, 0.1) is 10.1 Å². The summed E-state index contributed by atoms with van der Waals surface area (Å²) in [7, 11) is 0. The molecule has 6 heteroatoms. The highest BCUT2D eigenvalue weighted by atomic mass is 16.6. The van der Waals surface area contributed by atoms with Crippen molar-refractivity contribution in [3.8, 4) is 0 Å². The molecule has 3 rings (SSSR count). The SMILES string of the molecule is O=[N+]([O-])c1cc2c(c(N3CCOCC3)c1)CCNC2. The van der Waals surface area contributed by atoms with E-state index in [1.165, 1.54) is 5.56 Å². The van der Waals surface area contributed by atoms with Gasteiger partial charge in [0.15, 0.2) is 0 Å². The largest absolute Gasteiger partial charge is 0.378 e. The molecule has 2 heterocycles. The van der Waals surface area contributed by atoms with Crippen molar-refractivity contribution in [1.29, 1.82) is 0 Å². The normalized spacial score (nSPS) is 19.1. The predicted molar refractivity (Wildman–Crippen MR) is 71.5 cm³/mol. The van der Waals surface area contributed by atoms with Crippen LogP contribution >= 0.6 is 0 Å². The quantitative estimate of drug-likeness (QED) is 0.638. The average molecular weight is 263 g/mol. The Labute approximate surface area is 111 Å². The van der Waals surface area contributed by atoms with Gasteiger partial charge in [0.05, 0.1) is 18.1 Å². The van der Waals surface area contributed by atoms with Crippen molar-refractivity contribution in [1.82, 2.24) is 5.32 Å². The van der Waals surface area contributed by atoms with Crippen molar-refractivity contribution in [3.63, 3.8) is 0 Å². The lowest BCUT2D eigenvalue weighted by molar-refractivity contribution is -0.384. The maximum absolute atomic E-state index is 11.1. The molecule has 19 heavy (non-hydrogen) atoms. The fourth-order valence-electron chi connectivity index (χ4n) is 2.77. The summed E-state index contributed by atoms with van der Waals surface area (Å²) in [5.74, 6) is 0. The topological polar surface area (TPSA) is 67.6 Å². The number of rotatable bonds is 2. The third-order valence-electron chi connectivity index (χ3n) is 3.73. The first-order valence-electron chi connectivity index (χ1n) is 6.59. The van der Waals surface area contributed by atoms with Gasteiger partial charge in [0.25, 0.3) is 5.69 Å². The summed E-state index contributed by atoms with van der Waals surface area (Å²) in [5, 5.41) is 14.3. The molecule has 0 spiro atoms. The van der Waals surface area contributed by atoms with Gasteiger partial charge in [0.1, 0.15) is 0 Å². The van der Waals surface area contributed by atoms with E-state index in [4.69, 9.17) is 4.74 Å². The minimum Gasteiger partial charge on any atom is -0.378 e. The van der Waals surface area contributed by atoms with Crippen molar-refractivity contribution in [2.75, 3.05) is 37.7 Å². The Morgan fingerprint density at radius 3 is 2.84 bits per heavy atom. The molecule has 2 aliphatic heterocycles. The van der Waals surface area contributed by atoms with Gasteiger partial charge in [-0.05, 0) is 24.1 Å². The van der Waals surface area contributed by atoms with Crippen molar-refractivity contribution in [2.24, 2.45) is 0 Å². The van der Waals surface area contributed by atoms with Crippen molar-refractivity contribution >= 4 is 11.4 Å². The molecule has 0 radical (unpaired) electrons. The lowest BCUT2D eigenvalue weighted by atomic mass is 9.97. The summed E-state index contributed by atoms with van der Waals surface area (Å²) in [6, 6.07) is 3.42. The van der Waals surface area contributed by atoms with Gasteiger partial charge in [0.2, 0.25) is 0 Å². The molecule has 0 saturated carbocycles. The molecule has 2 aliphatic rings. The second-order valence-electron chi connectivity index (χ2n) is 4.89. The number of nitrogens with one attached hydrogen (secondary N) is 1. The molecule has 0 atom stereocenters. The first-order chi connectivity index (χ1) is 9.25. The van der Waals surface area contributed by atoms with Crippen LogP contribution in [0.2, 0.25) is 0 Å². The molecule has 102 valence electrons. The Morgan fingerprint density at radius 1 is 1.32 bits per heavy atom. The molecule has 0 unspecified atom stereocenters. The molecule has 0 amide bonds. The lowest BCUT2D eigenvalue weighted by Crippen LogP contribution is -2.38. The summed E-state index contributed by atoms with van der Waals surface area (Å²) in [5.41, 5.74) is 3.52. The maximum atomic E-state index is 11.1. The van der Waals surface area contributed by atoms with Gasteiger partial charge in [-0.1, -0.05) is 0 Å². The number of ether oxygens (including phenoxy) is 1. The van der Waals surface area contributed by atoms with Crippen LogP contribution in [-0.4, -0.2) is 37.8 Å². The summed E-state index contributed by atoms with van der Waals surface area (Å²) in [6.07, 6.45) is 0.931. The van der Waals surface area contributed by atoms with Gasteiger partial charge in [-0.3, -0.25) is 10.1 Å². The number of nitro groups is 1. The highest BCUT2D eigenvalue weighted by Gasteiger charge is 2.23. The van der Waals surface area contributed by atoms with Gasteiger partial charge >= 0.3 is 0 Å². The highest BCUT2D eigenvalue weighted by Crippen LogP contribution is 2.32. The minimum absolute atomic E-state index is 0.184. The number of fused-ring (bicyclic) bond motifs is 1. The van der Waals surface area contributed by atoms with Crippen LogP contribution < -0.4 is 10.2 Å². The zero-order valence-corrected chi connectivity index (χ0v) is 10.7. The van der Waals surface area contributed by atoms with Crippen LogP contribution in [0.1, 0.15) is 11.1 Å². The van der Waals surface area contributed by atoms with Crippen molar-refractivity contribution in [3.05, 3.63) is 33.4 Å². The molecular weight excluding hydrogens is 246 g/mol.